The fourth-order valence-corrected chi connectivity index (χ4v) is 3.33. The molecule has 2 aromatic heterocycles. The fourth-order valence-electron chi connectivity index (χ4n) is 3.33. The SMILES string of the molecule is Cl.Fc1cnccc1-c1cc(C2CC2)nnc1-c1ccc2ccccc2c1. The summed E-state index contributed by atoms with van der Waals surface area (Å²) in [6.07, 6.45) is 5.11. The fraction of sp³-hybridized carbons (Fsp3) is 0.136. The molecule has 5 rings (SSSR count). The third-order valence-electron chi connectivity index (χ3n) is 4.89. The normalized spacial score (nSPS) is 13.4. The molecular formula is C22H17ClFN3. The maximum Gasteiger partial charge on any atom is 0.149 e. The van der Waals surface area contributed by atoms with Crippen LogP contribution in [0.5, 0.6) is 0 Å². The van der Waals surface area contributed by atoms with Gasteiger partial charge in [-0.05, 0) is 41.8 Å². The van der Waals surface area contributed by atoms with Crippen molar-refractivity contribution in [2.45, 2.75) is 18.8 Å². The minimum Gasteiger partial charge on any atom is -0.262 e. The van der Waals surface area contributed by atoms with Gasteiger partial charge in [0.1, 0.15) is 11.5 Å². The molecule has 0 radical (unpaired) electrons. The monoisotopic (exact) mass is 377 g/mol. The van der Waals surface area contributed by atoms with Crippen molar-refractivity contribution in [3.63, 3.8) is 0 Å². The van der Waals surface area contributed by atoms with Gasteiger partial charge in [0.2, 0.25) is 0 Å². The number of hydrogen-bond donors (Lipinski definition) is 0. The molecule has 0 N–H and O–H groups in total. The van der Waals surface area contributed by atoms with Crippen molar-refractivity contribution in [3.05, 3.63) is 78.5 Å². The van der Waals surface area contributed by atoms with E-state index in [1.807, 2.05) is 24.3 Å². The van der Waals surface area contributed by atoms with Crippen molar-refractivity contribution in [1.82, 2.24) is 15.2 Å². The van der Waals surface area contributed by atoms with E-state index < -0.39 is 0 Å². The summed E-state index contributed by atoms with van der Waals surface area (Å²) in [6, 6.07) is 18.0. The highest BCUT2D eigenvalue weighted by atomic mass is 35.5. The Bertz CT molecular complexity index is 1130. The van der Waals surface area contributed by atoms with Crippen LogP contribution in [0.3, 0.4) is 0 Å². The number of benzene rings is 2. The van der Waals surface area contributed by atoms with E-state index in [1.165, 1.54) is 6.20 Å². The van der Waals surface area contributed by atoms with Crippen molar-refractivity contribution >= 4 is 23.2 Å². The highest BCUT2D eigenvalue weighted by Gasteiger charge is 2.27. The lowest BCUT2D eigenvalue weighted by molar-refractivity contribution is 0.625. The van der Waals surface area contributed by atoms with Crippen molar-refractivity contribution in [2.24, 2.45) is 0 Å². The van der Waals surface area contributed by atoms with E-state index in [0.29, 0.717) is 17.2 Å². The summed E-state index contributed by atoms with van der Waals surface area (Å²) in [5.74, 6) is 0.112. The van der Waals surface area contributed by atoms with E-state index in [0.717, 1.165) is 40.4 Å². The van der Waals surface area contributed by atoms with Crippen LogP contribution in [-0.4, -0.2) is 15.2 Å². The molecule has 1 fully saturated rings. The molecule has 0 aliphatic heterocycles. The second kappa shape index (κ2) is 7.05. The van der Waals surface area contributed by atoms with Gasteiger partial charge in [-0.3, -0.25) is 4.98 Å². The molecule has 1 aliphatic carbocycles. The van der Waals surface area contributed by atoms with Crippen LogP contribution in [0.1, 0.15) is 24.5 Å². The molecule has 0 spiro atoms. The van der Waals surface area contributed by atoms with Crippen molar-refractivity contribution in [3.8, 4) is 22.4 Å². The predicted octanol–water partition coefficient (Wildman–Crippen LogP) is 5.80. The lowest BCUT2D eigenvalue weighted by Gasteiger charge is -2.11. The molecule has 1 saturated carbocycles. The first-order chi connectivity index (χ1) is 12.8. The van der Waals surface area contributed by atoms with Crippen LogP contribution >= 0.6 is 12.4 Å². The smallest absolute Gasteiger partial charge is 0.149 e. The first kappa shape index (κ1) is 17.6. The lowest BCUT2D eigenvalue weighted by Crippen LogP contribution is -1.99. The minimum atomic E-state index is -0.343. The van der Waals surface area contributed by atoms with Gasteiger partial charge in [-0.25, -0.2) is 4.39 Å². The number of nitrogens with zero attached hydrogens (tertiary/aromatic N) is 3. The second-order valence-electron chi connectivity index (χ2n) is 6.72. The van der Waals surface area contributed by atoms with Crippen LogP contribution in [0, 0.1) is 5.82 Å². The van der Waals surface area contributed by atoms with E-state index in [4.69, 9.17) is 0 Å². The third-order valence-corrected chi connectivity index (χ3v) is 4.89. The molecule has 0 atom stereocenters. The van der Waals surface area contributed by atoms with Crippen molar-refractivity contribution in [2.75, 3.05) is 0 Å². The summed E-state index contributed by atoms with van der Waals surface area (Å²) in [7, 11) is 0. The Labute approximate surface area is 162 Å². The van der Waals surface area contributed by atoms with E-state index in [1.54, 1.807) is 12.3 Å². The molecule has 5 heteroatoms. The van der Waals surface area contributed by atoms with Gasteiger partial charge in [0, 0.05) is 28.8 Å². The maximum atomic E-state index is 14.5. The van der Waals surface area contributed by atoms with Gasteiger partial charge in [0.05, 0.1) is 11.9 Å². The zero-order valence-corrected chi connectivity index (χ0v) is 15.3. The molecule has 0 unspecified atom stereocenters. The maximum absolute atomic E-state index is 14.5. The first-order valence-corrected chi connectivity index (χ1v) is 8.76. The van der Waals surface area contributed by atoms with E-state index >= 15 is 0 Å². The summed E-state index contributed by atoms with van der Waals surface area (Å²) >= 11 is 0. The predicted molar refractivity (Wildman–Crippen MR) is 107 cm³/mol. The Balaban J connectivity index is 0.00000180. The molecule has 2 heterocycles. The van der Waals surface area contributed by atoms with Crippen LogP contribution in [0.15, 0.2) is 67.0 Å². The quantitative estimate of drug-likeness (QED) is 0.453. The molecule has 1 aliphatic rings. The molecule has 0 bridgehead atoms. The first-order valence-electron chi connectivity index (χ1n) is 8.76. The minimum absolute atomic E-state index is 0. The summed E-state index contributed by atoms with van der Waals surface area (Å²) in [5.41, 5.74) is 3.87. The Morgan fingerprint density at radius 2 is 1.67 bits per heavy atom. The van der Waals surface area contributed by atoms with E-state index in [2.05, 4.69) is 39.4 Å². The number of aromatic nitrogens is 3. The topological polar surface area (TPSA) is 38.7 Å². The molecule has 0 saturated heterocycles. The average Bonchev–Trinajstić information content (AvgIpc) is 3.53. The van der Waals surface area contributed by atoms with Gasteiger partial charge in [-0.2, -0.15) is 5.10 Å². The van der Waals surface area contributed by atoms with E-state index in [9.17, 15) is 4.39 Å². The third kappa shape index (κ3) is 3.28. The average molecular weight is 378 g/mol. The molecule has 27 heavy (non-hydrogen) atoms. The Morgan fingerprint density at radius 1 is 0.852 bits per heavy atom. The summed E-state index contributed by atoms with van der Waals surface area (Å²) in [5, 5.41) is 11.2. The van der Waals surface area contributed by atoms with Crippen LogP contribution in [-0.2, 0) is 0 Å². The molecular weight excluding hydrogens is 361 g/mol. The van der Waals surface area contributed by atoms with Gasteiger partial charge in [0.15, 0.2) is 0 Å². The number of fused-ring (bicyclic) bond motifs is 1. The van der Waals surface area contributed by atoms with Gasteiger partial charge < -0.3 is 0 Å². The van der Waals surface area contributed by atoms with Crippen LogP contribution < -0.4 is 0 Å². The Hall–Kier alpha value is -2.85. The van der Waals surface area contributed by atoms with Crippen LogP contribution in [0.4, 0.5) is 4.39 Å². The Morgan fingerprint density at radius 3 is 2.44 bits per heavy atom. The number of pyridine rings is 1. The zero-order valence-electron chi connectivity index (χ0n) is 14.5. The number of hydrogen-bond acceptors (Lipinski definition) is 3. The largest absolute Gasteiger partial charge is 0.262 e. The number of halogens is 2. The van der Waals surface area contributed by atoms with Gasteiger partial charge in [0.25, 0.3) is 0 Å². The molecule has 3 nitrogen and oxygen atoms in total. The zero-order chi connectivity index (χ0) is 17.5. The standard InChI is InChI=1S/C22H16FN3.ClH/c23-20-13-24-10-9-18(20)19-12-21(15-6-7-15)25-26-22(19)17-8-5-14-3-1-2-4-16(14)11-17;/h1-5,8-13,15H,6-7H2;1H. The number of rotatable bonds is 3. The lowest BCUT2D eigenvalue weighted by atomic mass is 9.97. The van der Waals surface area contributed by atoms with Gasteiger partial charge in [-0.15, -0.1) is 17.5 Å². The molecule has 134 valence electrons. The highest BCUT2D eigenvalue weighted by Crippen LogP contribution is 2.41. The molecule has 2 aromatic carbocycles. The molecule has 4 aromatic rings. The van der Waals surface area contributed by atoms with Crippen LogP contribution in [0.25, 0.3) is 33.2 Å². The van der Waals surface area contributed by atoms with Gasteiger partial charge >= 0.3 is 0 Å². The second-order valence-corrected chi connectivity index (χ2v) is 6.72. The summed E-state index contributed by atoms with van der Waals surface area (Å²) < 4.78 is 14.5. The summed E-state index contributed by atoms with van der Waals surface area (Å²) in [4.78, 5) is 3.87. The van der Waals surface area contributed by atoms with Gasteiger partial charge in [-0.1, -0.05) is 36.4 Å². The highest BCUT2D eigenvalue weighted by molar-refractivity contribution is 5.90. The molecule has 0 amide bonds. The van der Waals surface area contributed by atoms with Crippen LogP contribution in [0.2, 0.25) is 0 Å². The van der Waals surface area contributed by atoms with E-state index in [-0.39, 0.29) is 18.2 Å². The summed E-state index contributed by atoms with van der Waals surface area (Å²) in [6.45, 7) is 0. The van der Waals surface area contributed by atoms with Crippen molar-refractivity contribution < 1.29 is 4.39 Å². The Kier molecular flexibility index (Phi) is 4.58. The van der Waals surface area contributed by atoms with Crippen molar-refractivity contribution in [1.29, 1.82) is 0 Å².